The maximum atomic E-state index is 6.16. The summed E-state index contributed by atoms with van der Waals surface area (Å²) >= 11 is 5.95. The van der Waals surface area contributed by atoms with Crippen LogP contribution in [0.4, 0.5) is 0 Å². The van der Waals surface area contributed by atoms with Gasteiger partial charge in [0.15, 0.2) is 0 Å². The molecule has 3 heteroatoms. The van der Waals surface area contributed by atoms with Gasteiger partial charge in [0.2, 0.25) is 0 Å². The molecule has 1 unspecified atom stereocenters. The van der Waals surface area contributed by atoms with Crippen molar-refractivity contribution in [2.75, 3.05) is 7.11 Å². The van der Waals surface area contributed by atoms with Gasteiger partial charge >= 0.3 is 0 Å². The zero-order valence-corrected chi connectivity index (χ0v) is 10.2. The summed E-state index contributed by atoms with van der Waals surface area (Å²) in [5.74, 6) is 1.23. The summed E-state index contributed by atoms with van der Waals surface area (Å²) in [4.78, 5) is 0. The molecule has 0 amide bonds. The minimum absolute atomic E-state index is 0.0244. The third-order valence-electron chi connectivity index (χ3n) is 2.81. The molecular formula is C12H18ClNO. The molecule has 0 heterocycles. The Hall–Kier alpha value is -0.730. The lowest BCUT2D eigenvalue weighted by molar-refractivity contribution is 0.388. The summed E-state index contributed by atoms with van der Waals surface area (Å²) in [5, 5.41) is 0.699. The van der Waals surface area contributed by atoms with E-state index < -0.39 is 0 Å². The van der Waals surface area contributed by atoms with E-state index in [4.69, 9.17) is 22.1 Å². The van der Waals surface area contributed by atoms with Gasteiger partial charge in [-0.15, -0.1) is 0 Å². The molecule has 0 aliphatic rings. The number of halogens is 1. The first-order chi connectivity index (χ1) is 7.10. The predicted octanol–water partition coefficient (Wildman–Crippen LogP) is 3.39. The van der Waals surface area contributed by atoms with Crippen molar-refractivity contribution in [3.05, 3.63) is 28.8 Å². The molecule has 84 valence electrons. The zero-order chi connectivity index (χ0) is 11.4. The fraction of sp³-hybridized carbons (Fsp3) is 0.500. The van der Waals surface area contributed by atoms with Crippen molar-refractivity contribution < 1.29 is 4.74 Å². The third kappa shape index (κ3) is 2.86. The monoisotopic (exact) mass is 227 g/mol. The molecule has 0 saturated heterocycles. The van der Waals surface area contributed by atoms with Crippen molar-refractivity contribution in [3.63, 3.8) is 0 Å². The highest BCUT2D eigenvalue weighted by Gasteiger charge is 2.17. The van der Waals surface area contributed by atoms with Crippen LogP contribution in [0.5, 0.6) is 5.75 Å². The third-order valence-corrected chi connectivity index (χ3v) is 3.04. The van der Waals surface area contributed by atoms with E-state index in [1.165, 1.54) is 0 Å². The van der Waals surface area contributed by atoms with Crippen molar-refractivity contribution in [1.82, 2.24) is 0 Å². The topological polar surface area (TPSA) is 35.2 Å². The molecule has 0 spiro atoms. The summed E-state index contributed by atoms with van der Waals surface area (Å²) in [7, 11) is 1.65. The first-order valence-electron chi connectivity index (χ1n) is 5.19. The molecule has 1 rings (SSSR count). The number of ether oxygens (including phenoxy) is 1. The van der Waals surface area contributed by atoms with Gasteiger partial charge in [-0.3, -0.25) is 0 Å². The highest BCUT2D eigenvalue weighted by Crippen LogP contribution is 2.31. The van der Waals surface area contributed by atoms with Gasteiger partial charge < -0.3 is 10.5 Å². The van der Waals surface area contributed by atoms with E-state index in [-0.39, 0.29) is 6.04 Å². The van der Waals surface area contributed by atoms with E-state index in [2.05, 4.69) is 13.8 Å². The summed E-state index contributed by atoms with van der Waals surface area (Å²) < 4.78 is 5.28. The number of methoxy groups -OCH3 is 1. The van der Waals surface area contributed by atoms with E-state index in [0.29, 0.717) is 10.9 Å². The van der Waals surface area contributed by atoms with Gasteiger partial charge in [-0.05, 0) is 24.1 Å². The van der Waals surface area contributed by atoms with Crippen LogP contribution in [0.1, 0.15) is 31.9 Å². The molecule has 0 aliphatic heterocycles. The van der Waals surface area contributed by atoms with Gasteiger partial charge in [0.25, 0.3) is 0 Å². The Morgan fingerprint density at radius 2 is 2.13 bits per heavy atom. The first-order valence-corrected chi connectivity index (χ1v) is 5.57. The van der Waals surface area contributed by atoms with Crippen LogP contribution < -0.4 is 10.5 Å². The Morgan fingerprint density at radius 1 is 1.47 bits per heavy atom. The fourth-order valence-electron chi connectivity index (χ4n) is 1.53. The van der Waals surface area contributed by atoms with Crippen LogP contribution in [0.25, 0.3) is 0 Å². The summed E-state index contributed by atoms with van der Waals surface area (Å²) in [5.41, 5.74) is 7.14. The smallest absolute Gasteiger partial charge is 0.123 e. The van der Waals surface area contributed by atoms with Crippen molar-refractivity contribution >= 4 is 11.6 Å². The van der Waals surface area contributed by atoms with Gasteiger partial charge in [-0.25, -0.2) is 0 Å². The molecule has 1 aromatic carbocycles. The molecule has 0 saturated carbocycles. The Bertz CT molecular complexity index is 327. The molecule has 0 fully saturated rings. The average molecular weight is 228 g/mol. The van der Waals surface area contributed by atoms with Gasteiger partial charge in [0.05, 0.1) is 7.11 Å². The number of hydrogen-bond donors (Lipinski definition) is 1. The number of hydrogen-bond acceptors (Lipinski definition) is 2. The number of nitrogens with two attached hydrogens (primary N) is 1. The van der Waals surface area contributed by atoms with Crippen molar-refractivity contribution in [2.24, 2.45) is 11.7 Å². The van der Waals surface area contributed by atoms with Crippen LogP contribution in [0.2, 0.25) is 5.02 Å². The molecule has 0 aliphatic carbocycles. The van der Waals surface area contributed by atoms with Gasteiger partial charge in [-0.1, -0.05) is 31.9 Å². The lowest BCUT2D eigenvalue weighted by atomic mass is 9.93. The lowest BCUT2D eigenvalue weighted by Gasteiger charge is -2.21. The SMILES string of the molecule is CCC(C)[C@H](N)c1cc(Cl)ccc1OC. The maximum Gasteiger partial charge on any atom is 0.123 e. The van der Waals surface area contributed by atoms with E-state index in [9.17, 15) is 0 Å². The van der Waals surface area contributed by atoms with Gasteiger partial charge in [0.1, 0.15) is 5.75 Å². The molecule has 0 bridgehead atoms. The fourth-order valence-corrected chi connectivity index (χ4v) is 1.71. The maximum absolute atomic E-state index is 6.16. The van der Waals surface area contributed by atoms with Crippen LogP contribution in [0.15, 0.2) is 18.2 Å². The lowest BCUT2D eigenvalue weighted by Crippen LogP contribution is -2.19. The van der Waals surface area contributed by atoms with Crippen molar-refractivity contribution in [3.8, 4) is 5.75 Å². The first kappa shape index (κ1) is 12.3. The van der Waals surface area contributed by atoms with Crippen LogP contribution in [0, 0.1) is 5.92 Å². The van der Waals surface area contributed by atoms with Crippen molar-refractivity contribution in [1.29, 1.82) is 0 Å². The summed E-state index contributed by atoms with van der Waals surface area (Å²) in [6, 6.07) is 5.54. The highest BCUT2D eigenvalue weighted by molar-refractivity contribution is 6.30. The molecule has 2 N–H and O–H groups in total. The standard InChI is InChI=1S/C12H18ClNO/c1-4-8(2)12(14)10-7-9(13)5-6-11(10)15-3/h5-8,12H,4,14H2,1-3H3/t8?,12-/m0/s1. The minimum Gasteiger partial charge on any atom is -0.496 e. The second kappa shape index (κ2) is 5.38. The van der Waals surface area contributed by atoms with Crippen LogP contribution >= 0.6 is 11.6 Å². The molecule has 2 nitrogen and oxygen atoms in total. The number of rotatable bonds is 4. The Kier molecular flexibility index (Phi) is 4.43. The largest absolute Gasteiger partial charge is 0.496 e. The van der Waals surface area contributed by atoms with Crippen molar-refractivity contribution in [2.45, 2.75) is 26.3 Å². The average Bonchev–Trinajstić information content (AvgIpc) is 2.27. The van der Waals surface area contributed by atoms with E-state index >= 15 is 0 Å². The zero-order valence-electron chi connectivity index (χ0n) is 9.46. The Labute approximate surface area is 96.4 Å². The van der Waals surface area contributed by atoms with E-state index in [0.717, 1.165) is 17.7 Å². The molecule has 2 atom stereocenters. The second-order valence-electron chi connectivity index (χ2n) is 3.80. The second-order valence-corrected chi connectivity index (χ2v) is 4.23. The summed E-state index contributed by atoms with van der Waals surface area (Å²) in [6.07, 6.45) is 1.04. The van der Waals surface area contributed by atoms with Crippen LogP contribution in [-0.4, -0.2) is 7.11 Å². The normalized spacial score (nSPS) is 14.7. The quantitative estimate of drug-likeness (QED) is 0.856. The highest BCUT2D eigenvalue weighted by atomic mass is 35.5. The van der Waals surface area contributed by atoms with E-state index in [1.807, 2.05) is 18.2 Å². The molecule has 0 radical (unpaired) electrons. The predicted molar refractivity (Wildman–Crippen MR) is 64.4 cm³/mol. The molecule has 1 aromatic rings. The van der Waals surface area contributed by atoms with Crippen LogP contribution in [0.3, 0.4) is 0 Å². The molecule has 0 aromatic heterocycles. The van der Waals surface area contributed by atoms with Crippen LogP contribution in [-0.2, 0) is 0 Å². The molecule has 15 heavy (non-hydrogen) atoms. The Balaban J connectivity index is 3.05. The van der Waals surface area contributed by atoms with Gasteiger partial charge in [-0.2, -0.15) is 0 Å². The summed E-state index contributed by atoms with van der Waals surface area (Å²) in [6.45, 7) is 4.26. The van der Waals surface area contributed by atoms with Gasteiger partial charge in [0, 0.05) is 16.6 Å². The number of benzene rings is 1. The Morgan fingerprint density at radius 3 is 2.67 bits per heavy atom. The van der Waals surface area contributed by atoms with E-state index in [1.54, 1.807) is 7.11 Å². The molecular weight excluding hydrogens is 210 g/mol. The minimum atomic E-state index is -0.0244.